The third kappa shape index (κ3) is 4.08. The van der Waals surface area contributed by atoms with Gasteiger partial charge in [0, 0.05) is 38.0 Å². The third-order valence-corrected chi connectivity index (χ3v) is 1.88. The summed E-state index contributed by atoms with van der Waals surface area (Å²) < 4.78 is 10.2. The minimum atomic E-state index is 0.0131. The van der Waals surface area contributed by atoms with Gasteiger partial charge in [-0.3, -0.25) is 4.79 Å². The number of carbonyl (C=O) groups is 1. The average molecular weight is 209 g/mol. The van der Waals surface area contributed by atoms with Gasteiger partial charge < -0.3 is 9.47 Å². The Balaban J connectivity index is 2.47. The highest BCUT2D eigenvalue weighted by Crippen LogP contribution is 2.09. The van der Waals surface area contributed by atoms with E-state index >= 15 is 0 Å². The molecule has 0 saturated carbocycles. The number of aromatic nitrogens is 1. The van der Waals surface area contributed by atoms with Crippen LogP contribution in [0.3, 0.4) is 0 Å². The highest BCUT2D eigenvalue weighted by Gasteiger charge is 2.01. The van der Waals surface area contributed by atoms with E-state index in [2.05, 4.69) is 4.98 Å². The fourth-order valence-corrected chi connectivity index (χ4v) is 1.09. The second kappa shape index (κ2) is 6.14. The molecule has 0 N–H and O–H groups in total. The second-order valence-corrected chi connectivity index (χ2v) is 3.13. The first kappa shape index (κ1) is 11.7. The number of pyridine rings is 1. The zero-order valence-electron chi connectivity index (χ0n) is 9.03. The fraction of sp³-hybridized carbons (Fsp3) is 0.455. The first-order chi connectivity index (χ1) is 7.24. The van der Waals surface area contributed by atoms with E-state index in [4.69, 9.17) is 9.47 Å². The van der Waals surface area contributed by atoms with Gasteiger partial charge in [0.2, 0.25) is 5.88 Å². The molecule has 4 nitrogen and oxygen atoms in total. The van der Waals surface area contributed by atoms with E-state index in [9.17, 15) is 4.79 Å². The third-order valence-electron chi connectivity index (χ3n) is 1.88. The number of ether oxygens (including phenoxy) is 2. The smallest absolute Gasteiger partial charge is 0.213 e. The normalized spacial score (nSPS) is 10.0. The van der Waals surface area contributed by atoms with Crippen molar-refractivity contribution in [2.75, 3.05) is 20.3 Å². The Labute approximate surface area is 89.2 Å². The van der Waals surface area contributed by atoms with Crippen LogP contribution in [-0.2, 0) is 4.74 Å². The molecule has 0 saturated heterocycles. The van der Waals surface area contributed by atoms with Crippen LogP contribution < -0.4 is 4.74 Å². The maximum atomic E-state index is 11.1. The van der Waals surface area contributed by atoms with Crippen molar-refractivity contribution >= 4 is 5.78 Å². The molecule has 0 amide bonds. The minimum Gasteiger partial charge on any atom is -0.478 e. The maximum Gasteiger partial charge on any atom is 0.213 e. The number of ketones is 1. The molecule has 1 heterocycles. The molecule has 82 valence electrons. The topological polar surface area (TPSA) is 48.4 Å². The zero-order chi connectivity index (χ0) is 11.1. The molecule has 0 fully saturated rings. The Morgan fingerprint density at radius 3 is 2.93 bits per heavy atom. The van der Waals surface area contributed by atoms with Gasteiger partial charge in [0.05, 0.1) is 6.61 Å². The summed E-state index contributed by atoms with van der Waals surface area (Å²) in [5, 5.41) is 0. The van der Waals surface area contributed by atoms with Crippen LogP contribution in [0.4, 0.5) is 0 Å². The maximum absolute atomic E-state index is 11.1. The lowest BCUT2D eigenvalue weighted by Gasteiger charge is -2.05. The van der Waals surface area contributed by atoms with Crippen LogP contribution in [0.1, 0.15) is 23.7 Å². The fourth-order valence-electron chi connectivity index (χ4n) is 1.09. The number of hydrogen-bond donors (Lipinski definition) is 0. The molecule has 0 unspecified atom stereocenters. The van der Waals surface area contributed by atoms with Crippen molar-refractivity contribution in [3.8, 4) is 5.88 Å². The standard InChI is InChI=1S/C11H15NO3/c1-9(13)10-4-5-12-11(8-10)15-7-3-6-14-2/h4-5,8H,3,6-7H2,1-2H3. The van der Waals surface area contributed by atoms with Crippen LogP contribution in [0.2, 0.25) is 0 Å². The molecule has 15 heavy (non-hydrogen) atoms. The van der Waals surface area contributed by atoms with Gasteiger partial charge in [-0.15, -0.1) is 0 Å². The van der Waals surface area contributed by atoms with Crippen LogP contribution in [0.5, 0.6) is 5.88 Å². The molecule has 1 aromatic rings. The molecule has 1 rings (SSSR count). The SMILES string of the molecule is COCCCOc1cc(C(C)=O)ccn1. The zero-order valence-corrected chi connectivity index (χ0v) is 9.03. The van der Waals surface area contributed by atoms with E-state index in [0.29, 0.717) is 24.7 Å². The Morgan fingerprint density at radius 2 is 2.27 bits per heavy atom. The highest BCUT2D eigenvalue weighted by atomic mass is 16.5. The Morgan fingerprint density at radius 1 is 1.47 bits per heavy atom. The average Bonchev–Trinajstić information content (AvgIpc) is 2.25. The summed E-state index contributed by atoms with van der Waals surface area (Å²) in [5.41, 5.74) is 0.617. The predicted molar refractivity (Wildman–Crippen MR) is 56.2 cm³/mol. The lowest BCUT2D eigenvalue weighted by atomic mass is 10.2. The number of carbonyl (C=O) groups excluding carboxylic acids is 1. The van der Waals surface area contributed by atoms with E-state index in [1.165, 1.54) is 6.92 Å². The lowest BCUT2D eigenvalue weighted by Crippen LogP contribution is -2.03. The van der Waals surface area contributed by atoms with Crippen LogP contribution in [0, 0.1) is 0 Å². The predicted octanol–water partition coefficient (Wildman–Crippen LogP) is 1.70. The summed E-state index contributed by atoms with van der Waals surface area (Å²) in [5.74, 6) is 0.498. The largest absolute Gasteiger partial charge is 0.478 e. The summed E-state index contributed by atoms with van der Waals surface area (Å²) in [6.07, 6.45) is 2.38. The van der Waals surface area contributed by atoms with Crippen LogP contribution in [0.15, 0.2) is 18.3 Å². The molecule has 0 radical (unpaired) electrons. The minimum absolute atomic E-state index is 0.0131. The van der Waals surface area contributed by atoms with Crippen molar-refractivity contribution < 1.29 is 14.3 Å². The van der Waals surface area contributed by atoms with Gasteiger partial charge in [-0.25, -0.2) is 4.98 Å². The quantitative estimate of drug-likeness (QED) is 0.528. The van der Waals surface area contributed by atoms with Crippen molar-refractivity contribution in [1.82, 2.24) is 4.98 Å². The summed E-state index contributed by atoms with van der Waals surface area (Å²) in [6.45, 7) is 2.72. The summed E-state index contributed by atoms with van der Waals surface area (Å²) in [6, 6.07) is 3.32. The number of nitrogens with zero attached hydrogens (tertiary/aromatic N) is 1. The molecule has 0 bridgehead atoms. The number of rotatable bonds is 6. The Kier molecular flexibility index (Phi) is 4.77. The van der Waals surface area contributed by atoms with E-state index in [0.717, 1.165) is 6.42 Å². The lowest BCUT2D eigenvalue weighted by molar-refractivity contribution is 0.101. The van der Waals surface area contributed by atoms with Crippen molar-refractivity contribution in [3.05, 3.63) is 23.9 Å². The molecular weight excluding hydrogens is 194 g/mol. The van der Waals surface area contributed by atoms with E-state index in [1.807, 2.05) is 0 Å². The van der Waals surface area contributed by atoms with Gasteiger partial charge >= 0.3 is 0 Å². The van der Waals surface area contributed by atoms with Gasteiger partial charge in [0.15, 0.2) is 5.78 Å². The highest BCUT2D eigenvalue weighted by molar-refractivity contribution is 5.94. The Bertz CT molecular complexity index is 325. The van der Waals surface area contributed by atoms with Crippen molar-refractivity contribution in [2.45, 2.75) is 13.3 Å². The van der Waals surface area contributed by atoms with E-state index < -0.39 is 0 Å². The van der Waals surface area contributed by atoms with Gasteiger partial charge in [0.25, 0.3) is 0 Å². The van der Waals surface area contributed by atoms with Crippen LogP contribution >= 0.6 is 0 Å². The second-order valence-electron chi connectivity index (χ2n) is 3.13. The van der Waals surface area contributed by atoms with E-state index in [-0.39, 0.29) is 5.78 Å². The molecule has 1 aromatic heterocycles. The first-order valence-electron chi connectivity index (χ1n) is 4.83. The molecule has 0 spiro atoms. The molecule has 0 aromatic carbocycles. The van der Waals surface area contributed by atoms with Crippen LogP contribution in [-0.4, -0.2) is 31.1 Å². The van der Waals surface area contributed by atoms with Gasteiger partial charge in [-0.1, -0.05) is 0 Å². The molecular formula is C11H15NO3. The molecule has 0 aliphatic carbocycles. The molecule has 4 heteroatoms. The number of hydrogen-bond acceptors (Lipinski definition) is 4. The van der Waals surface area contributed by atoms with E-state index in [1.54, 1.807) is 25.4 Å². The summed E-state index contributed by atoms with van der Waals surface area (Å²) in [7, 11) is 1.65. The van der Waals surface area contributed by atoms with Crippen molar-refractivity contribution in [2.24, 2.45) is 0 Å². The summed E-state index contributed by atoms with van der Waals surface area (Å²) in [4.78, 5) is 15.1. The Hall–Kier alpha value is -1.42. The monoisotopic (exact) mass is 209 g/mol. The van der Waals surface area contributed by atoms with Crippen LogP contribution in [0.25, 0.3) is 0 Å². The van der Waals surface area contributed by atoms with Gasteiger partial charge in [-0.2, -0.15) is 0 Å². The first-order valence-corrected chi connectivity index (χ1v) is 4.83. The van der Waals surface area contributed by atoms with Gasteiger partial charge in [0.1, 0.15) is 0 Å². The summed E-state index contributed by atoms with van der Waals surface area (Å²) >= 11 is 0. The number of methoxy groups -OCH3 is 1. The van der Waals surface area contributed by atoms with Gasteiger partial charge in [-0.05, 0) is 13.0 Å². The molecule has 0 atom stereocenters. The molecule has 0 aliphatic heterocycles. The van der Waals surface area contributed by atoms with Crippen molar-refractivity contribution in [1.29, 1.82) is 0 Å². The molecule has 0 aliphatic rings. The van der Waals surface area contributed by atoms with Crippen molar-refractivity contribution in [3.63, 3.8) is 0 Å². The number of Topliss-reactive ketones (excluding diaryl/α,β-unsaturated/α-hetero) is 1.